The molecule has 0 atom stereocenters. The molecule has 0 saturated carbocycles. The summed E-state index contributed by atoms with van der Waals surface area (Å²) in [6, 6.07) is 10.7. The molecule has 0 unspecified atom stereocenters. The molecule has 0 radical (unpaired) electrons. The first-order chi connectivity index (χ1) is 10.1. The van der Waals surface area contributed by atoms with E-state index in [1.807, 2.05) is 0 Å². The molecule has 0 aliphatic carbocycles. The SMILES string of the molecule is O=C(NCCOc1ccc(F)cc1)Nc1cccc(F)c1. The summed E-state index contributed by atoms with van der Waals surface area (Å²) < 4.78 is 30.9. The van der Waals surface area contributed by atoms with Gasteiger partial charge in [0.05, 0.1) is 6.54 Å². The van der Waals surface area contributed by atoms with E-state index in [4.69, 9.17) is 4.74 Å². The number of rotatable bonds is 5. The molecule has 2 aromatic rings. The van der Waals surface area contributed by atoms with Gasteiger partial charge in [-0.05, 0) is 42.5 Å². The Hall–Kier alpha value is -2.63. The van der Waals surface area contributed by atoms with Crippen LogP contribution in [0.25, 0.3) is 0 Å². The van der Waals surface area contributed by atoms with Crippen LogP contribution in [0, 0.1) is 11.6 Å². The number of benzene rings is 2. The van der Waals surface area contributed by atoms with Gasteiger partial charge in [-0.3, -0.25) is 0 Å². The minimum atomic E-state index is -0.455. The van der Waals surface area contributed by atoms with Gasteiger partial charge in [0.15, 0.2) is 0 Å². The second-order valence-electron chi connectivity index (χ2n) is 4.19. The van der Waals surface area contributed by atoms with Crippen LogP contribution in [0.15, 0.2) is 48.5 Å². The van der Waals surface area contributed by atoms with Gasteiger partial charge in [0.25, 0.3) is 0 Å². The predicted molar refractivity (Wildman–Crippen MR) is 75.3 cm³/mol. The van der Waals surface area contributed by atoms with Crippen molar-refractivity contribution in [1.29, 1.82) is 0 Å². The van der Waals surface area contributed by atoms with Crippen molar-refractivity contribution in [2.24, 2.45) is 0 Å². The molecule has 0 spiro atoms. The molecular formula is C15H14F2N2O2. The van der Waals surface area contributed by atoms with Gasteiger partial charge in [0.1, 0.15) is 24.0 Å². The summed E-state index contributed by atoms with van der Waals surface area (Å²) in [4.78, 5) is 11.5. The third-order valence-electron chi connectivity index (χ3n) is 2.55. The zero-order valence-electron chi connectivity index (χ0n) is 11.1. The Labute approximate surface area is 120 Å². The average Bonchev–Trinajstić information content (AvgIpc) is 2.45. The largest absolute Gasteiger partial charge is 0.492 e. The van der Waals surface area contributed by atoms with Gasteiger partial charge >= 0.3 is 6.03 Å². The molecule has 0 aromatic heterocycles. The van der Waals surface area contributed by atoms with Gasteiger partial charge in [-0.1, -0.05) is 6.07 Å². The first-order valence-corrected chi connectivity index (χ1v) is 6.32. The standard InChI is InChI=1S/C15H14F2N2O2/c16-11-4-6-14(7-5-11)21-9-8-18-15(20)19-13-3-1-2-12(17)10-13/h1-7,10H,8-9H2,(H2,18,19,20). The number of nitrogens with one attached hydrogen (secondary N) is 2. The Balaban J connectivity index is 1.68. The molecule has 4 nitrogen and oxygen atoms in total. The Morgan fingerprint density at radius 3 is 2.52 bits per heavy atom. The third kappa shape index (κ3) is 5.10. The number of urea groups is 1. The Morgan fingerprint density at radius 1 is 1.05 bits per heavy atom. The van der Waals surface area contributed by atoms with E-state index in [-0.39, 0.29) is 19.0 Å². The summed E-state index contributed by atoms with van der Waals surface area (Å²) in [6.07, 6.45) is 0. The van der Waals surface area contributed by atoms with Crippen molar-refractivity contribution in [3.05, 3.63) is 60.2 Å². The number of hydrogen-bond acceptors (Lipinski definition) is 2. The zero-order chi connectivity index (χ0) is 15.1. The summed E-state index contributed by atoms with van der Waals surface area (Å²) in [7, 11) is 0. The minimum absolute atomic E-state index is 0.238. The maximum atomic E-state index is 12.9. The molecule has 0 bridgehead atoms. The van der Waals surface area contributed by atoms with Crippen LogP contribution in [0.1, 0.15) is 0 Å². The fourth-order valence-electron chi connectivity index (χ4n) is 1.61. The predicted octanol–water partition coefficient (Wildman–Crippen LogP) is 3.17. The lowest BCUT2D eigenvalue weighted by molar-refractivity contribution is 0.247. The van der Waals surface area contributed by atoms with Gasteiger partial charge in [-0.2, -0.15) is 0 Å². The van der Waals surface area contributed by atoms with Crippen LogP contribution >= 0.6 is 0 Å². The molecule has 2 amide bonds. The van der Waals surface area contributed by atoms with E-state index in [0.29, 0.717) is 11.4 Å². The monoisotopic (exact) mass is 292 g/mol. The fourth-order valence-corrected chi connectivity index (χ4v) is 1.61. The van der Waals surface area contributed by atoms with E-state index < -0.39 is 11.8 Å². The highest BCUT2D eigenvalue weighted by Gasteiger charge is 2.02. The molecule has 0 aliphatic rings. The molecule has 6 heteroatoms. The van der Waals surface area contributed by atoms with Gasteiger partial charge in [-0.25, -0.2) is 13.6 Å². The maximum Gasteiger partial charge on any atom is 0.319 e. The lowest BCUT2D eigenvalue weighted by Gasteiger charge is -2.09. The molecule has 0 aliphatic heterocycles. The molecule has 0 heterocycles. The lowest BCUT2D eigenvalue weighted by Crippen LogP contribution is -2.32. The topological polar surface area (TPSA) is 50.4 Å². The minimum Gasteiger partial charge on any atom is -0.492 e. The van der Waals surface area contributed by atoms with Crippen LogP contribution in [0.2, 0.25) is 0 Å². The van der Waals surface area contributed by atoms with Gasteiger partial charge in [0.2, 0.25) is 0 Å². The molecule has 2 aromatic carbocycles. The molecule has 21 heavy (non-hydrogen) atoms. The third-order valence-corrected chi connectivity index (χ3v) is 2.55. The van der Waals surface area contributed by atoms with Crippen LogP contribution in [0.4, 0.5) is 19.3 Å². The fraction of sp³-hybridized carbons (Fsp3) is 0.133. The Kier molecular flexibility index (Phi) is 5.09. The first kappa shape index (κ1) is 14.8. The highest BCUT2D eigenvalue weighted by atomic mass is 19.1. The quantitative estimate of drug-likeness (QED) is 0.832. The van der Waals surface area contributed by atoms with E-state index in [2.05, 4.69) is 10.6 Å². The van der Waals surface area contributed by atoms with Gasteiger partial charge < -0.3 is 15.4 Å². The van der Waals surface area contributed by atoms with Crippen molar-refractivity contribution in [1.82, 2.24) is 5.32 Å². The smallest absolute Gasteiger partial charge is 0.319 e. The van der Waals surface area contributed by atoms with Crippen LogP contribution in [0.5, 0.6) is 5.75 Å². The normalized spacial score (nSPS) is 10.0. The van der Waals surface area contributed by atoms with Crippen molar-refractivity contribution in [2.45, 2.75) is 0 Å². The average molecular weight is 292 g/mol. The molecule has 2 rings (SSSR count). The lowest BCUT2D eigenvalue weighted by atomic mass is 10.3. The van der Waals surface area contributed by atoms with Crippen LogP contribution in [0.3, 0.4) is 0 Å². The number of carbonyl (C=O) groups is 1. The summed E-state index contributed by atoms with van der Waals surface area (Å²) in [5, 5.41) is 5.05. The summed E-state index contributed by atoms with van der Waals surface area (Å²) in [5.74, 6) is -0.244. The van der Waals surface area contributed by atoms with Crippen LogP contribution in [-0.2, 0) is 0 Å². The molecule has 0 fully saturated rings. The van der Waals surface area contributed by atoms with Gasteiger partial charge in [0, 0.05) is 5.69 Å². The first-order valence-electron chi connectivity index (χ1n) is 6.32. The van der Waals surface area contributed by atoms with Crippen molar-refractivity contribution in [2.75, 3.05) is 18.5 Å². The molecule has 110 valence electrons. The van der Waals surface area contributed by atoms with Crippen molar-refractivity contribution < 1.29 is 18.3 Å². The van der Waals surface area contributed by atoms with Crippen molar-refractivity contribution in [3.8, 4) is 5.75 Å². The van der Waals surface area contributed by atoms with Crippen molar-refractivity contribution in [3.63, 3.8) is 0 Å². The number of anilines is 1. The van der Waals surface area contributed by atoms with E-state index in [9.17, 15) is 13.6 Å². The summed E-state index contributed by atoms with van der Waals surface area (Å²) in [6.45, 7) is 0.501. The van der Waals surface area contributed by atoms with E-state index in [0.717, 1.165) is 0 Å². The second-order valence-corrected chi connectivity index (χ2v) is 4.19. The van der Waals surface area contributed by atoms with E-state index >= 15 is 0 Å². The Morgan fingerprint density at radius 2 is 1.81 bits per heavy atom. The van der Waals surface area contributed by atoms with Crippen LogP contribution < -0.4 is 15.4 Å². The number of halogens is 2. The molecule has 2 N–H and O–H groups in total. The highest BCUT2D eigenvalue weighted by molar-refractivity contribution is 5.89. The van der Waals surface area contributed by atoms with Crippen LogP contribution in [-0.4, -0.2) is 19.2 Å². The van der Waals surface area contributed by atoms with E-state index in [1.54, 1.807) is 6.07 Å². The molecular weight excluding hydrogens is 278 g/mol. The maximum absolute atomic E-state index is 12.9. The summed E-state index contributed by atoms with van der Waals surface area (Å²) >= 11 is 0. The summed E-state index contributed by atoms with van der Waals surface area (Å²) in [5.41, 5.74) is 0.368. The number of ether oxygens (including phenoxy) is 1. The van der Waals surface area contributed by atoms with Gasteiger partial charge in [-0.15, -0.1) is 0 Å². The molecule has 0 saturated heterocycles. The number of amides is 2. The Bertz CT molecular complexity index is 603. The van der Waals surface area contributed by atoms with E-state index in [1.165, 1.54) is 42.5 Å². The highest BCUT2D eigenvalue weighted by Crippen LogP contribution is 2.10. The second kappa shape index (κ2) is 7.23. The zero-order valence-corrected chi connectivity index (χ0v) is 11.1. The number of carbonyl (C=O) groups excluding carboxylic acids is 1. The van der Waals surface area contributed by atoms with Crippen molar-refractivity contribution >= 4 is 11.7 Å². The number of hydrogen-bond donors (Lipinski definition) is 2.